The molecule has 0 aliphatic carbocycles. The second kappa shape index (κ2) is 6.81. The van der Waals surface area contributed by atoms with Gasteiger partial charge in [-0.05, 0) is 35.9 Å². The van der Waals surface area contributed by atoms with Gasteiger partial charge in [0.15, 0.2) is 5.76 Å². The average Bonchev–Trinajstić information content (AvgIpc) is 2.91. The van der Waals surface area contributed by atoms with Gasteiger partial charge in [0.25, 0.3) is 0 Å². The van der Waals surface area contributed by atoms with Crippen LogP contribution in [0.2, 0.25) is 0 Å². The lowest BCUT2D eigenvalue weighted by molar-refractivity contribution is -0.137. The Kier molecular flexibility index (Phi) is 4.57. The van der Waals surface area contributed by atoms with Crippen molar-refractivity contribution in [2.45, 2.75) is 13.8 Å². The summed E-state index contributed by atoms with van der Waals surface area (Å²) in [4.78, 5) is 24.1. The molecule has 0 aromatic heterocycles. The minimum atomic E-state index is -0.335. The fourth-order valence-corrected chi connectivity index (χ4v) is 2.32. The highest BCUT2D eigenvalue weighted by atomic mass is 16.5. The summed E-state index contributed by atoms with van der Waals surface area (Å²) in [7, 11) is 1.59. The molecule has 0 N–H and O–H groups in total. The summed E-state index contributed by atoms with van der Waals surface area (Å²) < 4.78 is 16.0. The van der Waals surface area contributed by atoms with Crippen LogP contribution in [0.15, 0.2) is 48.2 Å². The molecule has 1 aliphatic heterocycles. The van der Waals surface area contributed by atoms with E-state index in [1.165, 1.54) is 0 Å². The van der Waals surface area contributed by atoms with Gasteiger partial charge in [0.2, 0.25) is 5.78 Å². The van der Waals surface area contributed by atoms with Gasteiger partial charge < -0.3 is 14.2 Å². The van der Waals surface area contributed by atoms with Gasteiger partial charge in [-0.2, -0.15) is 0 Å². The number of hydrogen-bond donors (Lipinski definition) is 0. The van der Waals surface area contributed by atoms with E-state index < -0.39 is 0 Å². The number of hydrogen-bond acceptors (Lipinski definition) is 5. The third kappa shape index (κ3) is 3.55. The van der Waals surface area contributed by atoms with Crippen LogP contribution in [0.25, 0.3) is 6.08 Å². The molecule has 5 nitrogen and oxygen atoms in total. The first-order valence-corrected chi connectivity index (χ1v) is 7.92. The molecular formula is C20H18O5. The van der Waals surface area contributed by atoms with E-state index in [1.807, 2.05) is 24.3 Å². The lowest BCUT2D eigenvalue weighted by Gasteiger charge is -2.07. The first-order chi connectivity index (χ1) is 12.0. The molecule has 128 valence electrons. The van der Waals surface area contributed by atoms with E-state index in [4.69, 9.17) is 14.2 Å². The van der Waals surface area contributed by atoms with Gasteiger partial charge >= 0.3 is 5.97 Å². The number of benzene rings is 2. The van der Waals surface area contributed by atoms with Gasteiger partial charge in [-0.25, -0.2) is 0 Å². The monoisotopic (exact) mass is 338 g/mol. The molecule has 25 heavy (non-hydrogen) atoms. The van der Waals surface area contributed by atoms with Gasteiger partial charge in [-0.15, -0.1) is 0 Å². The Balaban J connectivity index is 1.82. The van der Waals surface area contributed by atoms with Crippen molar-refractivity contribution in [1.82, 2.24) is 0 Å². The number of ether oxygens (including phenoxy) is 3. The maximum atomic E-state index is 12.4. The van der Waals surface area contributed by atoms with Crippen LogP contribution < -0.4 is 14.2 Å². The quantitative estimate of drug-likeness (QED) is 0.481. The molecule has 2 aromatic carbocycles. The normalized spacial score (nSPS) is 14.4. The molecule has 5 heteroatoms. The van der Waals surface area contributed by atoms with Crippen LogP contribution >= 0.6 is 0 Å². The number of esters is 1. The minimum absolute atomic E-state index is 0.201. The van der Waals surface area contributed by atoms with Crippen molar-refractivity contribution in [2.75, 3.05) is 7.11 Å². The molecule has 0 radical (unpaired) electrons. The number of Topliss-reactive ketones (excluding diaryl/α,β-unsaturated/α-hetero) is 1. The van der Waals surface area contributed by atoms with Crippen LogP contribution in [0, 0.1) is 5.92 Å². The first kappa shape index (κ1) is 16.8. The first-order valence-electron chi connectivity index (χ1n) is 7.92. The Labute approximate surface area is 145 Å². The molecule has 1 heterocycles. The molecule has 0 amide bonds. The highest BCUT2D eigenvalue weighted by Crippen LogP contribution is 2.35. The highest BCUT2D eigenvalue weighted by Gasteiger charge is 2.28. The van der Waals surface area contributed by atoms with Gasteiger partial charge in [0.05, 0.1) is 18.6 Å². The van der Waals surface area contributed by atoms with Crippen molar-refractivity contribution < 1.29 is 23.8 Å². The largest absolute Gasteiger partial charge is 0.497 e. The summed E-state index contributed by atoms with van der Waals surface area (Å²) >= 11 is 0. The van der Waals surface area contributed by atoms with Crippen LogP contribution in [0.1, 0.15) is 29.8 Å². The highest BCUT2D eigenvalue weighted by molar-refractivity contribution is 6.14. The average molecular weight is 338 g/mol. The lowest BCUT2D eigenvalue weighted by atomic mass is 10.1. The molecule has 0 atom stereocenters. The topological polar surface area (TPSA) is 61.8 Å². The lowest BCUT2D eigenvalue weighted by Crippen LogP contribution is -2.14. The number of rotatable bonds is 4. The molecule has 3 rings (SSSR count). The van der Waals surface area contributed by atoms with E-state index in [9.17, 15) is 9.59 Å². The van der Waals surface area contributed by atoms with Crippen LogP contribution in [0.4, 0.5) is 0 Å². The third-order valence-electron chi connectivity index (χ3n) is 3.74. The van der Waals surface area contributed by atoms with Crippen molar-refractivity contribution >= 4 is 17.8 Å². The number of allylic oxidation sites excluding steroid dienone is 1. The van der Waals surface area contributed by atoms with Gasteiger partial charge in [0, 0.05) is 6.07 Å². The van der Waals surface area contributed by atoms with Gasteiger partial charge in [0.1, 0.15) is 17.2 Å². The summed E-state index contributed by atoms with van der Waals surface area (Å²) in [6.45, 7) is 3.51. The predicted molar refractivity (Wildman–Crippen MR) is 92.8 cm³/mol. The Bertz CT molecular complexity index is 847. The minimum Gasteiger partial charge on any atom is -0.497 e. The number of methoxy groups -OCH3 is 1. The van der Waals surface area contributed by atoms with Crippen LogP contribution in [-0.2, 0) is 4.79 Å². The fourth-order valence-electron chi connectivity index (χ4n) is 2.32. The number of carbonyl (C=O) groups excluding carboxylic acids is 2. The summed E-state index contributed by atoms with van der Waals surface area (Å²) in [5.74, 6) is 0.940. The fraction of sp³-hybridized carbons (Fsp3) is 0.200. The van der Waals surface area contributed by atoms with Crippen LogP contribution in [-0.4, -0.2) is 18.9 Å². The van der Waals surface area contributed by atoms with E-state index >= 15 is 0 Å². The smallest absolute Gasteiger partial charge is 0.313 e. The van der Waals surface area contributed by atoms with Crippen LogP contribution in [0.5, 0.6) is 17.2 Å². The standard InChI is InChI=1S/C20H18O5/c1-12(2)20(22)24-15-8-9-16-17(11-15)25-18(19(16)21)10-13-4-6-14(23-3)7-5-13/h4-12H,1-3H3. The van der Waals surface area contributed by atoms with Crippen molar-refractivity contribution in [2.24, 2.45) is 5.92 Å². The van der Waals surface area contributed by atoms with Crippen molar-refractivity contribution in [3.63, 3.8) is 0 Å². The summed E-state index contributed by atoms with van der Waals surface area (Å²) in [5.41, 5.74) is 1.27. The summed E-state index contributed by atoms with van der Waals surface area (Å²) in [5, 5.41) is 0. The molecule has 0 spiro atoms. The molecule has 0 fully saturated rings. The third-order valence-corrected chi connectivity index (χ3v) is 3.74. The zero-order chi connectivity index (χ0) is 18.0. The SMILES string of the molecule is COc1ccc(C=C2Oc3cc(OC(=O)C(C)C)ccc3C2=O)cc1. The molecule has 0 bridgehead atoms. The van der Waals surface area contributed by atoms with Crippen molar-refractivity contribution in [3.8, 4) is 17.2 Å². The Morgan fingerprint density at radius 2 is 1.76 bits per heavy atom. The van der Waals surface area contributed by atoms with Crippen molar-refractivity contribution in [3.05, 3.63) is 59.4 Å². The summed E-state index contributed by atoms with van der Waals surface area (Å²) in [6, 6.07) is 12.0. The van der Waals surface area contributed by atoms with E-state index in [2.05, 4.69) is 0 Å². The van der Waals surface area contributed by atoms with Crippen LogP contribution in [0.3, 0.4) is 0 Å². The molecular weight excluding hydrogens is 320 g/mol. The molecule has 0 saturated heterocycles. The number of carbonyl (C=O) groups is 2. The predicted octanol–water partition coefficient (Wildman–Crippen LogP) is 3.87. The Morgan fingerprint density at radius 3 is 2.40 bits per heavy atom. The Hall–Kier alpha value is -3.08. The second-order valence-corrected chi connectivity index (χ2v) is 5.95. The maximum absolute atomic E-state index is 12.4. The Morgan fingerprint density at radius 1 is 1.08 bits per heavy atom. The molecule has 0 saturated carbocycles. The molecule has 2 aromatic rings. The maximum Gasteiger partial charge on any atom is 0.313 e. The van der Waals surface area contributed by atoms with E-state index in [1.54, 1.807) is 45.2 Å². The summed E-state index contributed by atoms with van der Waals surface area (Å²) in [6.07, 6.45) is 1.67. The van der Waals surface area contributed by atoms with Gasteiger partial charge in [-0.1, -0.05) is 26.0 Å². The number of ketones is 1. The molecule has 0 unspecified atom stereocenters. The zero-order valence-electron chi connectivity index (χ0n) is 14.2. The second-order valence-electron chi connectivity index (χ2n) is 5.95. The number of fused-ring (bicyclic) bond motifs is 1. The van der Waals surface area contributed by atoms with E-state index in [-0.39, 0.29) is 23.4 Å². The molecule has 1 aliphatic rings. The van der Waals surface area contributed by atoms with Crippen molar-refractivity contribution in [1.29, 1.82) is 0 Å². The van der Waals surface area contributed by atoms with Gasteiger partial charge in [-0.3, -0.25) is 9.59 Å². The van der Waals surface area contributed by atoms with E-state index in [0.29, 0.717) is 17.1 Å². The zero-order valence-corrected chi connectivity index (χ0v) is 14.2. The van der Waals surface area contributed by atoms with E-state index in [0.717, 1.165) is 11.3 Å².